The quantitative estimate of drug-likeness (QED) is 0.831. The maximum Gasteiger partial charge on any atom is 0.290 e. The molecular weight excluding hydrogens is 292 g/mol. The summed E-state index contributed by atoms with van der Waals surface area (Å²) in [6.07, 6.45) is 16.3. The van der Waals surface area contributed by atoms with E-state index in [0.29, 0.717) is 5.54 Å². The van der Waals surface area contributed by atoms with Crippen LogP contribution in [0.4, 0.5) is 5.82 Å². The SMILES string of the molecule is O=CO.c1cnc(NCC2(N3CCCCC3)CCCCC2)cn1. The summed E-state index contributed by atoms with van der Waals surface area (Å²) < 4.78 is 0. The van der Waals surface area contributed by atoms with Gasteiger partial charge in [0.25, 0.3) is 6.47 Å². The van der Waals surface area contributed by atoms with Gasteiger partial charge >= 0.3 is 0 Å². The number of carbonyl (C=O) groups is 1. The standard InChI is InChI=1S/C16H26N4.CH2O2/c1-3-7-16(8-4-1,20-11-5-2-6-12-20)14-19-15-13-17-9-10-18-15;2-1-3/h9-10,13H,1-8,11-12,14H2,(H,18,19);1H,(H,2,3). The highest BCUT2D eigenvalue weighted by atomic mass is 16.3. The molecule has 2 aliphatic rings. The first-order valence-corrected chi connectivity index (χ1v) is 8.63. The summed E-state index contributed by atoms with van der Waals surface area (Å²) in [5.41, 5.74) is 0.357. The number of nitrogens with zero attached hydrogens (tertiary/aromatic N) is 3. The lowest BCUT2D eigenvalue weighted by atomic mass is 9.79. The van der Waals surface area contributed by atoms with Crippen molar-refractivity contribution in [2.24, 2.45) is 0 Å². The number of rotatable bonds is 4. The van der Waals surface area contributed by atoms with Crippen molar-refractivity contribution in [1.29, 1.82) is 0 Å². The van der Waals surface area contributed by atoms with Gasteiger partial charge in [0.05, 0.1) is 6.20 Å². The van der Waals surface area contributed by atoms with Gasteiger partial charge in [0.2, 0.25) is 0 Å². The Bertz CT molecular complexity index is 443. The Hall–Kier alpha value is -1.69. The van der Waals surface area contributed by atoms with Gasteiger partial charge in [-0.15, -0.1) is 0 Å². The third-order valence-electron chi connectivity index (χ3n) is 4.97. The zero-order valence-electron chi connectivity index (χ0n) is 13.8. The molecule has 0 aromatic carbocycles. The largest absolute Gasteiger partial charge is 0.483 e. The minimum atomic E-state index is -0.250. The summed E-state index contributed by atoms with van der Waals surface area (Å²) in [6, 6.07) is 0. The normalized spacial score (nSPS) is 20.9. The molecule has 1 aromatic heterocycles. The van der Waals surface area contributed by atoms with Crippen molar-refractivity contribution in [1.82, 2.24) is 14.9 Å². The van der Waals surface area contributed by atoms with Gasteiger partial charge in [-0.2, -0.15) is 0 Å². The third-order valence-corrected chi connectivity index (χ3v) is 4.97. The molecule has 6 nitrogen and oxygen atoms in total. The first-order chi connectivity index (χ1) is 11.3. The molecule has 2 N–H and O–H groups in total. The van der Waals surface area contributed by atoms with Crippen LogP contribution in [-0.4, -0.2) is 51.6 Å². The van der Waals surface area contributed by atoms with Crippen LogP contribution in [0.3, 0.4) is 0 Å². The van der Waals surface area contributed by atoms with Gasteiger partial charge in [0.1, 0.15) is 5.82 Å². The fourth-order valence-corrected chi connectivity index (χ4v) is 3.83. The predicted octanol–water partition coefficient (Wildman–Crippen LogP) is 2.78. The van der Waals surface area contributed by atoms with Crippen LogP contribution < -0.4 is 5.32 Å². The molecule has 0 radical (unpaired) electrons. The number of likely N-dealkylation sites (tertiary alicyclic amines) is 1. The highest BCUT2D eigenvalue weighted by molar-refractivity contribution is 5.32. The zero-order valence-corrected chi connectivity index (χ0v) is 13.8. The number of nitrogens with one attached hydrogen (secondary N) is 1. The van der Waals surface area contributed by atoms with E-state index < -0.39 is 0 Å². The molecule has 1 saturated heterocycles. The number of piperidine rings is 1. The maximum absolute atomic E-state index is 8.36. The molecule has 0 bridgehead atoms. The van der Waals surface area contributed by atoms with Crippen LogP contribution in [0.2, 0.25) is 0 Å². The molecule has 0 spiro atoms. The highest BCUT2D eigenvalue weighted by Crippen LogP contribution is 2.35. The van der Waals surface area contributed by atoms with Crippen LogP contribution >= 0.6 is 0 Å². The monoisotopic (exact) mass is 320 g/mol. The van der Waals surface area contributed by atoms with E-state index >= 15 is 0 Å². The topological polar surface area (TPSA) is 78.3 Å². The number of carboxylic acid groups (broad SMARTS) is 1. The number of anilines is 1. The second-order valence-corrected chi connectivity index (χ2v) is 6.38. The van der Waals surface area contributed by atoms with Crippen LogP contribution in [0.1, 0.15) is 51.4 Å². The molecule has 6 heteroatoms. The zero-order chi connectivity index (χ0) is 16.4. The van der Waals surface area contributed by atoms with Gasteiger partial charge in [-0.25, -0.2) is 4.98 Å². The minimum absolute atomic E-state index is 0.250. The van der Waals surface area contributed by atoms with Gasteiger partial charge in [0, 0.05) is 24.5 Å². The van der Waals surface area contributed by atoms with E-state index in [1.807, 2.05) is 6.20 Å². The van der Waals surface area contributed by atoms with Crippen LogP contribution in [0.15, 0.2) is 18.6 Å². The number of hydrogen-bond donors (Lipinski definition) is 2. The molecule has 3 rings (SSSR count). The van der Waals surface area contributed by atoms with Gasteiger partial charge in [-0.3, -0.25) is 14.7 Å². The van der Waals surface area contributed by atoms with E-state index in [-0.39, 0.29) is 6.47 Å². The Labute approximate surface area is 138 Å². The second-order valence-electron chi connectivity index (χ2n) is 6.38. The average Bonchev–Trinajstić information content (AvgIpc) is 2.63. The molecule has 0 amide bonds. The summed E-state index contributed by atoms with van der Waals surface area (Å²) in [6.45, 7) is 3.33. The van der Waals surface area contributed by atoms with E-state index in [1.165, 1.54) is 64.5 Å². The maximum atomic E-state index is 8.36. The Morgan fingerprint density at radius 3 is 2.39 bits per heavy atom. The molecule has 1 aromatic rings. The molecule has 2 heterocycles. The molecule has 1 saturated carbocycles. The minimum Gasteiger partial charge on any atom is -0.483 e. The summed E-state index contributed by atoms with van der Waals surface area (Å²) in [4.78, 5) is 19.6. The van der Waals surface area contributed by atoms with Crippen molar-refractivity contribution in [3.05, 3.63) is 18.6 Å². The van der Waals surface area contributed by atoms with Gasteiger partial charge in [-0.05, 0) is 38.8 Å². The third kappa shape index (κ3) is 5.16. The van der Waals surface area contributed by atoms with Crippen LogP contribution in [-0.2, 0) is 4.79 Å². The van der Waals surface area contributed by atoms with Crippen molar-refractivity contribution < 1.29 is 9.90 Å². The Balaban J connectivity index is 0.000000595. The van der Waals surface area contributed by atoms with Crippen molar-refractivity contribution in [2.75, 3.05) is 25.0 Å². The molecule has 128 valence electrons. The molecular formula is C17H28N4O2. The van der Waals surface area contributed by atoms with Crippen molar-refractivity contribution in [3.63, 3.8) is 0 Å². The van der Waals surface area contributed by atoms with Gasteiger partial charge < -0.3 is 10.4 Å². The first-order valence-electron chi connectivity index (χ1n) is 8.63. The smallest absolute Gasteiger partial charge is 0.290 e. The first kappa shape index (κ1) is 17.7. The van der Waals surface area contributed by atoms with Crippen molar-refractivity contribution in [3.8, 4) is 0 Å². The number of hydrogen-bond acceptors (Lipinski definition) is 5. The molecule has 0 unspecified atom stereocenters. The van der Waals surface area contributed by atoms with E-state index in [2.05, 4.69) is 20.2 Å². The number of aromatic nitrogens is 2. The molecule has 2 fully saturated rings. The van der Waals surface area contributed by atoms with Crippen LogP contribution in [0, 0.1) is 0 Å². The van der Waals surface area contributed by atoms with E-state index in [0.717, 1.165) is 12.4 Å². The lowest BCUT2D eigenvalue weighted by molar-refractivity contribution is -0.122. The second kappa shape index (κ2) is 9.45. The summed E-state index contributed by atoms with van der Waals surface area (Å²) >= 11 is 0. The van der Waals surface area contributed by atoms with E-state index in [9.17, 15) is 0 Å². The van der Waals surface area contributed by atoms with Crippen molar-refractivity contribution in [2.45, 2.75) is 56.9 Å². The molecule has 1 aliphatic carbocycles. The van der Waals surface area contributed by atoms with Crippen LogP contribution in [0.5, 0.6) is 0 Å². The molecule has 0 atom stereocenters. The van der Waals surface area contributed by atoms with Crippen molar-refractivity contribution >= 4 is 12.3 Å². The summed E-state index contributed by atoms with van der Waals surface area (Å²) in [7, 11) is 0. The summed E-state index contributed by atoms with van der Waals surface area (Å²) in [5, 5.41) is 10.4. The van der Waals surface area contributed by atoms with E-state index in [1.54, 1.807) is 12.4 Å². The lowest BCUT2D eigenvalue weighted by Crippen LogP contribution is -2.56. The average molecular weight is 320 g/mol. The molecule has 1 aliphatic heterocycles. The van der Waals surface area contributed by atoms with E-state index in [4.69, 9.17) is 9.90 Å². The fraction of sp³-hybridized carbons (Fsp3) is 0.706. The highest BCUT2D eigenvalue weighted by Gasteiger charge is 2.38. The van der Waals surface area contributed by atoms with Crippen LogP contribution in [0.25, 0.3) is 0 Å². The Morgan fingerprint density at radius 1 is 1.13 bits per heavy atom. The molecule has 23 heavy (non-hydrogen) atoms. The predicted molar refractivity (Wildman–Crippen MR) is 90.5 cm³/mol. The van der Waals surface area contributed by atoms with Gasteiger partial charge in [-0.1, -0.05) is 25.7 Å². The Morgan fingerprint density at radius 2 is 1.78 bits per heavy atom. The summed E-state index contributed by atoms with van der Waals surface area (Å²) in [5.74, 6) is 0.912. The van der Waals surface area contributed by atoms with Gasteiger partial charge in [0.15, 0.2) is 0 Å². The fourth-order valence-electron chi connectivity index (χ4n) is 3.83. The Kier molecular flexibility index (Phi) is 7.26. The lowest BCUT2D eigenvalue weighted by Gasteiger charge is -2.48.